The van der Waals surface area contributed by atoms with Crippen molar-refractivity contribution in [3.63, 3.8) is 0 Å². The molecule has 7 heteroatoms. The summed E-state index contributed by atoms with van der Waals surface area (Å²) in [5.74, 6) is -1.96. The number of ether oxygens (including phenoxy) is 1. The van der Waals surface area contributed by atoms with Crippen LogP contribution in [0, 0.1) is 11.8 Å². The smallest absolute Gasteiger partial charge is 0.235 e. The van der Waals surface area contributed by atoms with Crippen LogP contribution in [0.4, 0.5) is 5.69 Å². The van der Waals surface area contributed by atoms with E-state index in [1.54, 1.807) is 37.4 Å². The van der Waals surface area contributed by atoms with Crippen LogP contribution in [-0.2, 0) is 14.3 Å². The lowest BCUT2D eigenvalue weighted by Crippen LogP contribution is -2.48. The third-order valence-electron chi connectivity index (χ3n) is 6.62. The maximum atomic E-state index is 13.7. The van der Waals surface area contributed by atoms with E-state index in [2.05, 4.69) is 0 Å². The van der Waals surface area contributed by atoms with Crippen molar-refractivity contribution in [2.75, 3.05) is 25.2 Å². The molecule has 2 amide bonds. The molecule has 0 aliphatic carbocycles. The molecule has 2 aromatic carbocycles. The van der Waals surface area contributed by atoms with E-state index in [-0.39, 0.29) is 23.6 Å². The van der Waals surface area contributed by atoms with Gasteiger partial charge in [0.15, 0.2) is 5.78 Å². The number of anilines is 1. The van der Waals surface area contributed by atoms with Crippen LogP contribution in [0.3, 0.4) is 0 Å². The predicted molar refractivity (Wildman–Crippen MR) is 122 cm³/mol. The number of benzene rings is 2. The zero-order valence-corrected chi connectivity index (χ0v) is 18.4. The van der Waals surface area contributed by atoms with Crippen molar-refractivity contribution in [2.24, 2.45) is 11.8 Å². The summed E-state index contributed by atoms with van der Waals surface area (Å²) in [5, 5.41) is 0.591. The zero-order valence-electron chi connectivity index (χ0n) is 17.6. The minimum atomic E-state index is -0.763. The highest BCUT2D eigenvalue weighted by Gasteiger charge is 2.63. The van der Waals surface area contributed by atoms with Crippen molar-refractivity contribution in [3.8, 4) is 0 Å². The maximum absolute atomic E-state index is 13.7. The van der Waals surface area contributed by atoms with Gasteiger partial charge in [0.05, 0.1) is 17.9 Å². The van der Waals surface area contributed by atoms with Crippen molar-refractivity contribution in [3.05, 3.63) is 70.8 Å². The van der Waals surface area contributed by atoms with E-state index >= 15 is 0 Å². The highest BCUT2D eigenvalue weighted by molar-refractivity contribution is 6.30. The van der Waals surface area contributed by atoms with Gasteiger partial charge in [-0.1, -0.05) is 54.1 Å². The largest absolute Gasteiger partial charge is 0.385 e. The molecule has 0 aromatic heterocycles. The van der Waals surface area contributed by atoms with Crippen molar-refractivity contribution in [1.29, 1.82) is 0 Å². The number of methoxy groups -OCH3 is 1. The molecule has 2 fully saturated rings. The minimum Gasteiger partial charge on any atom is -0.385 e. The summed E-state index contributed by atoms with van der Waals surface area (Å²) in [6.07, 6.45) is 4.43. The van der Waals surface area contributed by atoms with Crippen LogP contribution in [0.25, 0.3) is 6.08 Å². The number of imide groups is 1. The standard InChI is InChI=1S/C25H23ClN2O4/c1-32-13-5-12-27-24(30)20-19-10-8-16-14-17(26)9-11-18(16)28(19)22(21(20)25(27)31)23(29)15-6-3-2-4-7-15/h2-4,6-11,14,19-22H,5,12-13H2,1H3/t19-,20-,21+,22-/m1/s1. The van der Waals surface area contributed by atoms with E-state index in [4.69, 9.17) is 16.3 Å². The second-order valence-corrected chi connectivity index (χ2v) is 8.80. The molecule has 4 atom stereocenters. The van der Waals surface area contributed by atoms with Gasteiger partial charge in [0.2, 0.25) is 11.8 Å². The molecule has 3 aliphatic heterocycles. The first-order valence-electron chi connectivity index (χ1n) is 10.7. The molecule has 0 unspecified atom stereocenters. The third-order valence-corrected chi connectivity index (χ3v) is 6.85. The molecule has 3 aliphatic rings. The number of amides is 2. The van der Waals surface area contributed by atoms with Crippen molar-refractivity contribution in [1.82, 2.24) is 4.90 Å². The average Bonchev–Trinajstić information content (AvgIpc) is 3.27. The Labute approximate surface area is 191 Å². The molecule has 32 heavy (non-hydrogen) atoms. The second kappa shape index (κ2) is 8.19. The predicted octanol–water partition coefficient (Wildman–Crippen LogP) is 3.44. The fourth-order valence-corrected chi connectivity index (χ4v) is 5.45. The van der Waals surface area contributed by atoms with Gasteiger partial charge in [0.25, 0.3) is 0 Å². The lowest BCUT2D eigenvalue weighted by molar-refractivity contribution is -0.140. The molecular formula is C25H23ClN2O4. The van der Waals surface area contributed by atoms with Crippen LogP contribution in [0.1, 0.15) is 22.3 Å². The first kappa shape index (κ1) is 20.9. The van der Waals surface area contributed by atoms with Gasteiger partial charge >= 0.3 is 0 Å². The van der Waals surface area contributed by atoms with Gasteiger partial charge in [-0.3, -0.25) is 19.3 Å². The topological polar surface area (TPSA) is 66.9 Å². The molecule has 6 nitrogen and oxygen atoms in total. The van der Waals surface area contributed by atoms with Crippen molar-refractivity contribution < 1.29 is 19.1 Å². The molecule has 0 radical (unpaired) electrons. The molecule has 3 heterocycles. The van der Waals surface area contributed by atoms with Crippen molar-refractivity contribution in [2.45, 2.75) is 18.5 Å². The normalized spacial score (nSPS) is 25.7. The molecule has 5 rings (SSSR count). The quantitative estimate of drug-likeness (QED) is 0.383. The van der Waals surface area contributed by atoms with E-state index in [0.29, 0.717) is 30.2 Å². The number of halogens is 1. The van der Waals surface area contributed by atoms with Gasteiger partial charge in [-0.15, -0.1) is 0 Å². The number of carbonyl (C=O) groups excluding carboxylic acids is 3. The van der Waals surface area contributed by atoms with Gasteiger partial charge in [-0.2, -0.15) is 0 Å². The Bertz CT molecular complexity index is 1120. The number of likely N-dealkylation sites (tertiary alicyclic amines) is 1. The zero-order chi connectivity index (χ0) is 22.4. The molecular weight excluding hydrogens is 428 g/mol. The number of fused-ring (bicyclic) bond motifs is 5. The lowest BCUT2D eigenvalue weighted by Gasteiger charge is -2.36. The van der Waals surface area contributed by atoms with Crippen LogP contribution in [0.5, 0.6) is 0 Å². The van der Waals surface area contributed by atoms with Gasteiger partial charge in [-0.25, -0.2) is 0 Å². The maximum Gasteiger partial charge on any atom is 0.235 e. The Kier molecular flexibility index (Phi) is 5.35. The Hall–Kier alpha value is -2.96. The SMILES string of the molecule is COCCCN1C(=O)[C@H]2[C@H](C1=O)[C@H](C(=O)c1ccccc1)N1c3ccc(Cl)cc3C=C[C@H]21. The number of hydrogen-bond acceptors (Lipinski definition) is 5. The van der Waals surface area contributed by atoms with Crippen molar-refractivity contribution >= 4 is 41.0 Å². The van der Waals surface area contributed by atoms with Gasteiger partial charge in [-0.05, 0) is 30.2 Å². The summed E-state index contributed by atoms with van der Waals surface area (Å²) >= 11 is 6.19. The summed E-state index contributed by atoms with van der Waals surface area (Å²) in [4.78, 5) is 43.9. The highest BCUT2D eigenvalue weighted by Crippen LogP contribution is 2.49. The summed E-state index contributed by atoms with van der Waals surface area (Å²) in [5.41, 5.74) is 2.22. The third kappa shape index (κ3) is 3.17. The molecule has 2 saturated heterocycles. The average molecular weight is 451 g/mol. The molecule has 0 bridgehead atoms. The molecule has 2 aromatic rings. The van der Waals surface area contributed by atoms with Crippen LogP contribution in [-0.4, -0.2) is 54.8 Å². The lowest BCUT2D eigenvalue weighted by atomic mass is 9.86. The highest BCUT2D eigenvalue weighted by atomic mass is 35.5. The van der Waals surface area contributed by atoms with E-state index in [1.165, 1.54) is 4.90 Å². The van der Waals surface area contributed by atoms with Crippen LogP contribution >= 0.6 is 11.6 Å². The fourth-order valence-electron chi connectivity index (χ4n) is 5.27. The summed E-state index contributed by atoms with van der Waals surface area (Å²) in [6.45, 7) is 0.760. The van der Waals surface area contributed by atoms with E-state index < -0.39 is 17.9 Å². The summed E-state index contributed by atoms with van der Waals surface area (Å²) in [7, 11) is 1.59. The minimum absolute atomic E-state index is 0.154. The number of hydrogen-bond donors (Lipinski definition) is 0. The summed E-state index contributed by atoms with van der Waals surface area (Å²) < 4.78 is 5.08. The number of ketones is 1. The van der Waals surface area contributed by atoms with Gasteiger partial charge in [0, 0.05) is 36.5 Å². The van der Waals surface area contributed by atoms with Gasteiger partial charge < -0.3 is 9.64 Å². The number of Topliss-reactive ketones (excluding diaryl/α,β-unsaturated/α-hetero) is 1. The Balaban J connectivity index is 1.59. The van der Waals surface area contributed by atoms with E-state index in [1.807, 2.05) is 35.3 Å². The van der Waals surface area contributed by atoms with E-state index in [9.17, 15) is 14.4 Å². The molecule has 164 valence electrons. The first-order valence-corrected chi connectivity index (χ1v) is 11.1. The van der Waals surface area contributed by atoms with Crippen LogP contribution in [0.15, 0.2) is 54.6 Å². The first-order chi connectivity index (χ1) is 15.5. The van der Waals surface area contributed by atoms with Crippen LogP contribution < -0.4 is 4.90 Å². The molecule has 0 spiro atoms. The Morgan fingerprint density at radius 2 is 1.81 bits per heavy atom. The monoisotopic (exact) mass is 450 g/mol. The van der Waals surface area contributed by atoms with Gasteiger partial charge in [0.1, 0.15) is 6.04 Å². The van der Waals surface area contributed by atoms with E-state index in [0.717, 1.165) is 11.3 Å². The molecule has 0 N–H and O–H groups in total. The molecule has 0 saturated carbocycles. The fraction of sp³-hybridized carbons (Fsp3) is 0.320. The summed E-state index contributed by atoms with van der Waals surface area (Å²) in [6, 6.07) is 13.3. The number of nitrogens with zero attached hydrogens (tertiary/aromatic N) is 2. The number of rotatable bonds is 6. The Morgan fingerprint density at radius 1 is 1.06 bits per heavy atom. The second-order valence-electron chi connectivity index (χ2n) is 8.36. The van der Waals surface area contributed by atoms with Crippen LogP contribution in [0.2, 0.25) is 5.02 Å². The Morgan fingerprint density at radius 3 is 2.56 bits per heavy atom. The number of carbonyl (C=O) groups is 3.